The molecule has 118 valence electrons. The minimum atomic E-state index is -0.281. The Bertz CT molecular complexity index is 766. The zero-order valence-corrected chi connectivity index (χ0v) is 12.8. The summed E-state index contributed by atoms with van der Waals surface area (Å²) >= 11 is 0. The van der Waals surface area contributed by atoms with E-state index in [9.17, 15) is 9.18 Å². The smallest absolute Gasteiger partial charge is 0.298 e. The number of hydrogen-bond acceptors (Lipinski definition) is 3. The molecule has 5 nitrogen and oxygen atoms in total. The SMILES string of the molecule is CC#CC(=O)N1CCN(c2cc(-c3ccccc3F)[nH]n2)CC1. The van der Waals surface area contributed by atoms with Crippen molar-refractivity contribution in [3.05, 3.63) is 36.1 Å². The van der Waals surface area contributed by atoms with Crippen LogP contribution in [0.4, 0.5) is 10.2 Å². The Morgan fingerprint density at radius 1 is 1.26 bits per heavy atom. The monoisotopic (exact) mass is 312 g/mol. The quantitative estimate of drug-likeness (QED) is 0.862. The molecule has 23 heavy (non-hydrogen) atoms. The second kappa shape index (κ2) is 6.53. The van der Waals surface area contributed by atoms with Crippen LogP contribution in [0.15, 0.2) is 30.3 Å². The van der Waals surface area contributed by atoms with Crippen LogP contribution >= 0.6 is 0 Å². The van der Waals surface area contributed by atoms with Gasteiger partial charge >= 0.3 is 0 Å². The number of aromatic amines is 1. The summed E-state index contributed by atoms with van der Waals surface area (Å²) in [6.45, 7) is 4.23. The number of anilines is 1. The molecule has 3 rings (SSSR count). The predicted octanol–water partition coefficient (Wildman–Crippen LogP) is 1.89. The average Bonchev–Trinajstić information content (AvgIpc) is 3.05. The molecule has 1 aliphatic rings. The molecular formula is C17H17FN4O. The van der Waals surface area contributed by atoms with Crippen molar-refractivity contribution in [3.63, 3.8) is 0 Å². The fraction of sp³-hybridized carbons (Fsp3) is 0.294. The van der Waals surface area contributed by atoms with Crippen LogP contribution < -0.4 is 4.90 Å². The van der Waals surface area contributed by atoms with Crippen molar-refractivity contribution in [2.24, 2.45) is 0 Å². The first-order valence-corrected chi connectivity index (χ1v) is 7.46. The highest BCUT2D eigenvalue weighted by atomic mass is 19.1. The van der Waals surface area contributed by atoms with E-state index in [4.69, 9.17) is 0 Å². The third kappa shape index (κ3) is 3.19. The number of halogens is 1. The van der Waals surface area contributed by atoms with Gasteiger partial charge in [0.25, 0.3) is 5.91 Å². The normalized spacial score (nSPS) is 14.3. The van der Waals surface area contributed by atoms with E-state index in [1.165, 1.54) is 6.07 Å². The molecule has 6 heteroatoms. The molecular weight excluding hydrogens is 295 g/mol. The fourth-order valence-electron chi connectivity index (χ4n) is 2.62. The Morgan fingerprint density at radius 3 is 2.70 bits per heavy atom. The summed E-state index contributed by atoms with van der Waals surface area (Å²) in [5, 5.41) is 7.15. The summed E-state index contributed by atoms with van der Waals surface area (Å²) in [6, 6.07) is 8.42. The van der Waals surface area contributed by atoms with Crippen molar-refractivity contribution < 1.29 is 9.18 Å². The van der Waals surface area contributed by atoms with Crippen LogP contribution in [0.5, 0.6) is 0 Å². The molecule has 1 fully saturated rings. The topological polar surface area (TPSA) is 52.2 Å². The highest BCUT2D eigenvalue weighted by Gasteiger charge is 2.22. The lowest BCUT2D eigenvalue weighted by atomic mass is 10.1. The molecule has 0 unspecified atom stereocenters. The molecule has 1 aliphatic heterocycles. The standard InChI is InChI=1S/C17H17FN4O/c1-2-5-17(23)22-10-8-21(9-11-22)16-12-15(19-20-16)13-6-3-4-7-14(13)18/h3-4,6-7,12H,8-11H2,1H3,(H,19,20). The Hall–Kier alpha value is -2.81. The van der Waals surface area contributed by atoms with E-state index in [0.717, 1.165) is 5.82 Å². The summed E-state index contributed by atoms with van der Waals surface area (Å²) in [5.41, 5.74) is 1.15. The van der Waals surface area contributed by atoms with Crippen molar-refractivity contribution in [1.82, 2.24) is 15.1 Å². The first-order chi connectivity index (χ1) is 11.2. The van der Waals surface area contributed by atoms with E-state index in [2.05, 4.69) is 26.9 Å². The minimum absolute atomic E-state index is 0.138. The zero-order valence-electron chi connectivity index (χ0n) is 12.8. The molecule has 0 atom stereocenters. The number of rotatable bonds is 2. The van der Waals surface area contributed by atoms with Gasteiger partial charge in [0.2, 0.25) is 0 Å². The molecule has 1 amide bonds. The highest BCUT2D eigenvalue weighted by molar-refractivity contribution is 5.93. The largest absolute Gasteiger partial charge is 0.352 e. The van der Waals surface area contributed by atoms with Gasteiger partial charge in [0.05, 0.1) is 5.69 Å². The van der Waals surface area contributed by atoms with E-state index in [-0.39, 0.29) is 11.7 Å². The minimum Gasteiger partial charge on any atom is -0.352 e. The van der Waals surface area contributed by atoms with E-state index in [1.54, 1.807) is 30.0 Å². The van der Waals surface area contributed by atoms with Gasteiger partial charge in [0, 0.05) is 37.8 Å². The Kier molecular flexibility index (Phi) is 4.29. The molecule has 2 aromatic rings. The van der Waals surface area contributed by atoms with Gasteiger partial charge in [-0.2, -0.15) is 5.10 Å². The van der Waals surface area contributed by atoms with Crippen LogP contribution in [0.3, 0.4) is 0 Å². The second-order valence-corrected chi connectivity index (χ2v) is 5.27. The van der Waals surface area contributed by atoms with Gasteiger partial charge in [-0.1, -0.05) is 18.1 Å². The maximum Gasteiger partial charge on any atom is 0.298 e. The number of carbonyl (C=O) groups is 1. The number of nitrogens with one attached hydrogen (secondary N) is 1. The number of hydrogen-bond donors (Lipinski definition) is 1. The van der Waals surface area contributed by atoms with Crippen LogP contribution in [-0.2, 0) is 4.79 Å². The van der Waals surface area contributed by atoms with E-state index in [1.807, 2.05) is 6.07 Å². The molecule has 1 N–H and O–H groups in total. The Morgan fingerprint density at radius 2 is 2.00 bits per heavy atom. The van der Waals surface area contributed by atoms with Gasteiger partial charge in [-0.3, -0.25) is 9.89 Å². The highest BCUT2D eigenvalue weighted by Crippen LogP contribution is 2.24. The maximum absolute atomic E-state index is 13.8. The third-order valence-corrected chi connectivity index (χ3v) is 3.85. The Labute approximate surface area is 134 Å². The molecule has 0 radical (unpaired) electrons. The van der Waals surface area contributed by atoms with Gasteiger partial charge in [-0.05, 0) is 25.0 Å². The number of carbonyl (C=O) groups excluding carboxylic acids is 1. The summed E-state index contributed by atoms with van der Waals surface area (Å²) in [6.07, 6.45) is 0. The van der Waals surface area contributed by atoms with Gasteiger partial charge in [0.1, 0.15) is 5.82 Å². The average molecular weight is 312 g/mol. The molecule has 0 saturated carbocycles. The van der Waals surface area contributed by atoms with Crippen molar-refractivity contribution in [1.29, 1.82) is 0 Å². The van der Waals surface area contributed by atoms with Crippen LogP contribution in [0.1, 0.15) is 6.92 Å². The third-order valence-electron chi connectivity index (χ3n) is 3.85. The van der Waals surface area contributed by atoms with Gasteiger partial charge in [-0.25, -0.2) is 4.39 Å². The molecule has 1 saturated heterocycles. The van der Waals surface area contributed by atoms with Gasteiger partial charge in [-0.15, -0.1) is 0 Å². The van der Waals surface area contributed by atoms with E-state index >= 15 is 0 Å². The lowest BCUT2D eigenvalue weighted by Crippen LogP contribution is -2.48. The second-order valence-electron chi connectivity index (χ2n) is 5.27. The molecule has 2 heterocycles. The summed E-state index contributed by atoms with van der Waals surface area (Å²) < 4.78 is 13.8. The first-order valence-electron chi connectivity index (χ1n) is 7.46. The summed E-state index contributed by atoms with van der Waals surface area (Å²) in [5.74, 6) is 5.53. The number of piperazine rings is 1. The van der Waals surface area contributed by atoms with Crippen LogP contribution in [0, 0.1) is 17.7 Å². The molecule has 1 aromatic heterocycles. The van der Waals surface area contributed by atoms with Crippen LogP contribution in [0.2, 0.25) is 0 Å². The number of amides is 1. The lowest BCUT2D eigenvalue weighted by molar-refractivity contribution is -0.125. The van der Waals surface area contributed by atoms with Crippen molar-refractivity contribution in [3.8, 4) is 23.1 Å². The first kappa shape index (κ1) is 15.1. The molecule has 0 aliphatic carbocycles. The number of nitrogens with zero attached hydrogens (tertiary/aromatic N) is 3. The van der Waals surface area contributed by atoms with Gasteiger partial charge in [0.15, 0.2) is 5.82 Å². The number of benzene rings is 1. The van der Waals surface area contributed by atoms with Crippen molar-refractivity contribution >= 4 is 11.7 Å². The van der Waals surface area contributed by atoms with Crippen LogP contribution in [0.25, 0.3) is 11.3 Å². The number of aromatic nitrogens is 2. The molecule has 0 spiro atoms. The zero-order chi connectivity index (χ0) is 16.2. The van der Waals surface area contributed by atoms with Gasteiger partial charge < -0.3 is 9.80 Å². The van der Waals surface area contributed by atoms with Crippen LogP contribution in [-0.4, -0.2) is 47.2 Å². The van der Waals surface area contributed by atoms with Crippen molar-refractivity contribution in [2.45, 2.75) is 6.92 Å². The molecule has 1 aromatic carbocycles. The summed E-state index contributed by atoms with van der Waals surface area (Å²) in [4.78, 5) is 15.5. The fourth-order valence-corrected chi connectivity index (χ4v) is 2.62. The van der Waals surface area contributed by atoms with Crippen molar-refractivity contribution in [2.75, 3.05) is 31.1 Å². The van der Waals surface area contributed by atoms with E-state index < -0.39 is 0 Å². The molecule has 0 bridgehead atoms. The predicted molar refractivity (Wildman–Crippen MR) is 86.2 cm³/mol. The lowest BCUT2D eigenvalue weighted by Gasteiger charge is -2.33. The van der Waals surface area contributed by atoms with E-state index in [0.29, 0.717) is 37.4 Å². The summed E-state index contributed by atoms with van der Waals surface area (Å²) in [7, 11) is 0. The Balaban J connectivity index is 1.69. The number of H-pyrrole nitrogens is 1. The maximum atomic E-state index is 13.8.